The molecule has 1 amide bonds. The summed E-state index contributed by atoms with van der Waals surface area (Å²) >= 11 is 6.36. The van der Waals surface area contributed by atoms with E-state index in [0.29, 0.717) is 17.0 Å². The van der Waals surface area contributed by atoms with Crippen LogP contribution in [-0.2, 0) is 16.3 Å². The number of hydrogen-bond donors (Lipinski definition) is 1. The van der Waals surface area contributed by atoms with E-state index in [-0.39, 0.29) is 26.9 Å². The number of benzene rings is 2. The van der Waals surface area contributed by atoms with E-state index < -0.39 is 15.7 Å². The number of rotatable bonds is 5. The molecule has 0 fully saturated rings. The number of carbonyl (C=O) groups is 1. The Balaban J connectivity index is 1.70. The number of hydrogen-bond acceptors (Lipinski definition) is 7. The van der Waals surface area contributed by atoms with Gasteiger partial charge in [-0.3, -0.25) is 4.79 Å². The lowest BCUT2D eigenvalue weighted by Gasteiger charge is -2.09. The Bertz CT molecular complexity index is 1540. The van der Waals surface area contributed by atoms with E-state index in [1.54, 1.807) is 12.1 Å². The standard InChI is InChI=1S/C23H17ClN4O4S/c1-3-13-4-6-14(7-5-13)23-28-19-10-15(9-18(24)21(19)32-23)27-22(29)17-8-16(11-25)26-12-20(17)33(2,30)31/h4-10,12H,3H2,1-2H3,(H,27,29). The van der Waals surface area contributed by atoms with E-state index in [4.69, 9.17) is 21.3 Å². The molecule has 0 aliphatic carbocycles. The summed E-state index contributed by atoms with van der Waals surface area (Å²) < 4.78 is 30.0. The second-order valence-corrected chi connectivity index (χ2v) is 9.67. The van der Waals surface area contributed by atoms with E-state index in [0.717, 1.165) is 30.5 Å². The van der Waals surface area contributed by atoms with Crippen LogP contribution in [0.15, 0.2) is 58.0 Å². The molecule has 0 saturated carbocycles. The first kappa shape index (κ1) is 22.5. The third-order valence-corrected chi connectivity index (χ3v) is 6.34. The zero-order valence-electron chi connectivity index (χ0n) is 17.6. The lowest BCUT2D eigenvalue weighted by Crippen LogP contribution is -2.17. The first-order valence-electron chi connectivity index (χ1n) is 9.80. The normalized spacial score (nSPS) is 11.3. The predicted molar refractivity (Wildman–Crippen MR) is 124 cm³/mol. The summed E-state index contributed by atoms with van der Waals surface area (Å²) in [5, 5.41) is 11.9. The first-order chi connectivity index (χ1) is 15.7. The van der Waals surface area contributed by atoms with Gasteiger partial charge in [0.2, 0.25) is 5.89 Å². The molecular formula is C23H17ClN4O4S. The molecule has 10 heteroatoms. The van der Waals surface area contributed by atoms with Gasteiger partial charge in [-0.2, -0.15) is 5.26 Å². The molecule has 1 N–H and O–H groups in total. The van der Waals surface area contributed by atoms with Crippen LogP contribution in [0.2, 0.25) is 5.02 Å². The van der Waals surface area contributed by atoms with Crippen LogP contribution in [0.5, 0.6) is 0 Å². The van der Waals surface area contributed by atoms with Gasteiger partial charge in [-0.1, -0.05) is 30.7 Å². The molecule has 166 valence electrons. The molecule has 2 aromatic carbocycles. The lowest BCUT2D eigenvalue weighted by atomic mass is 10.1. The van der Waals surface area contributed by atoms with Gasteiger partial charge in [0.05, 0.1) is 15.5 Å². The number of oxazole rings is 1. The Morgan fingerprint density at radius 2 is 1.94 bits per heavy atom. The van der Waals surface area contributed by atoms with Crippen molar-refractivity contribution in [1.29, 1.82) is 5.26 Å². The van der Waals surface area contributed by atoms with E-state index in [1.165, 1.54) is 11.6 Å². The van der Waals surface area contributed by atoms with Gasteiger partial charge in [-0.25, -0.2) is 18.4 Å². The maximum Gasteiger partial charge on any atom is 0.257 e. The highest BCUT2D eigenvalue weighted by molar-refractivity contribution is 7.90. The summed E-state index contributed by atoms with van der Waals surface area (Å²) in [6.07, 6.45) is 2.86. The number of nitrogens with one attached hydrogen (secondary N) is 1. The molecular weight excluding hydrogens is 464 g/mol. The summed E-state index contributed by atoms with van der Waals surface area (Å²) in [4.78, 5) is 20.8. The molecule has 4 aromatic rings. The lowest BCUT2D eigenvalue weighted by molar-refractivity contribution is 0.102. The van der Waals surface area contributed by atoms with Gasteiger partial charge >= 0.3 is 0 Å². The highest BCUT2D eigenvalue weighted by atomic mass is 35.5. The second-order valence-electron chi connectivity index (χ2n) is 7.28. The molecule has 0 bridgehead atoms. The molecule has 2 aromatic heterocycles. The number of fused-ring (bicyclic) bond motifs is 1. The summed E-state index contributed by atoms with van der Waals surface area (Å²) in [6, 6.07) is 13.7. The van der Waals surface area contributed by atoms with E-state index in [1.807, 2.05) is 24.3 Å². The molecule has 0 radical (unpaired) electrons. The largest absolute Gasteiger partial charge is 0.435 e. The zero-order chi connectivity index (χ0) is 23.8. The average Bonchev–Trinajstić information content (AvgIpc) is 3.23. The van der Waals surface area contributed by atoms with Crippen molar-refractivity contribution >= 4 is 44.1 Å². The van der Waals surface area contributed by atoms with Crippen molar-refractivity contribution in [3.05, 3.63) is 70.5 Å². The Morgan fingerprint density at radius 1 is 1.21 bits per heavy atom. The van der Waals surface area contributed by atoms with Crippen LogP contribution in [0.4, 0.5) is 5.69 Å². The third kappa shape index (κ3) is 4.58. The monoisotopic (exact) mass is 480 g/mol. The average molecular weight is 481 g/mol. The number of amides is 1. The summed E-state index contributed by atoms with van der Waals surface area (Å²) in [5.74, 6) is -0.353. The smallest absolute Gasteiger partial charge is 0.257 e. The fourth-order valence-electron chi connectivity index (χ4n) is 3.25. The maximum absolute atomic E-state index is 12.9. The zero-order valence-corrected chi connectivity index (χ0v) is 19.2. The number of aromatic nitrogens is 2. The molecule has 0 saturated heterocycles. The van der Waals surface area contributed by atoms with Crippen molar-refractivity contribution < 1.29 is 17.6 Å². The number of nitrogens with zero attached hydrogens (tertiary/aromatic N) is 3. The highest BCUT2D eigenvalue weighted by Crippen LogP contribution is 2.32. The van der Waals surface area contributed by atoms with Crippen molar-refractivity contribution in [2.24, 2.45) is 0 Å². The minimum Gasteiger partial charge on any atom is -0.435 e. The molecule has 0 atom stereocenters. The number of pyridine rings is 1. The van der Waals surface area contributed by atoms with Crippen molar-refractivity contribution in [3.8, 4) is 17.5 Å². The van der Waals surface area contributed by atoms with Gasteiger partial charge in [0, 0.05) is 23.7 Å². The van der Waals surface area contributed by atoms with Crippen LogP contribution in [0.25, 0.3) is 22.6 Å². The van der Waals surface area contributed by atoms with Crippen molar-refractivity contribution in [2.45, 2.75) is 18.2 Å². The minimum absolute atomic E-state index is 0.0868. The second kappa shape index (κ2) is 8.65. The number of carbonyl (C=O) groups excluding carboxylic acids is 1. The van der Waals surface area contributed by atoms with Gasteiger partial charge in [-0.15, -0.1) is 0 Å². The maximum atomic E-state index is 12.9. The number of halogens is 1. The summed E-state index contributed by atoms with van der Waals surface area (Å²) in [6.45, 7) is 2.07. The van der Waals surface area contributed by atoms with Crippen molar-refractivity contribution in [2.75, 3.05) is 11.6 Å². The minimum atomic E-state index is -3.76. The SMILES string of the molecule is CCc1ccc(-c2nc3cc(NC(=O)c4cc(C#N)ncc4S(C)(=O)=O)cc(Cl)c3o2)cc1. The van der Waals surface area contributed by atoms with Crippen LogP contribution >= 0.6 is 11.6 Å². The highest BCUT2D eigenvalue weighted by Gasteiger charge is 2.21. The Hall–Kier alpha value is -3.74. The van der Waals surface area contributed by atoms with E-state index in [2.05, 4.69) is 22.2 Å². The van der Waals surface area contributed by atoms with Gasteiger partial charge in [0.15, 0.2) is 15.4 Å². The molecule has 0 spiro atoms. The molecule has 0 aliphatic heterocycles. The van der Waals surface area contributed by atoms with Gasteiger partial charge < -0.3 is 9.73 Å². The van der Waals surface area contributed by atoms with E-state index >= 15 is 0 Å². The molecule has 0 unspecified atom stereocenters. The fourth-order valence-corrected chi connectivity index (χ4v) is 4.29. The summed E-state index contributed by atoms with van der Waals surface area (Å²) in [7, 11) is -3.76. The van der Waals surface area contributed by atoms with Gasteiger partial charge in [0.1, 0.15) is 17.3 Å². The van der Waals surface area contributed by atoms with Gasteiger partial charge in [0.25, 0.3) is 5.91 Å². The molecule has 8 nitrogen and oxygen atoms in total. The Morgan fingerprint density at radius 3 is 2.58 bits per heavy atom. The fraction of sp³-hybridized carbons (Fsp3) is 0.130. The predicted octanol–water partition coefficient (Wildman–Crippen LogP) is 4.63. The Labute approximate surface area is 194 Å². The third-order valence-electron chi connectivity index (χ3n) is 4.94. The Kier molecular flexibility index (Phi) is 5.89. The van der Waals surface area contributed by atoms with Crippen LogP contribution in [0, 0.1) is 11.3 Å². The van der Waals surface area contributed by atoms with E-state index in [9.17, 15) is 13.2 Å². The molecule has 4 rings (SSSR count). The molecule has 0 aliphatic rings. The van der Waals surface area contributed by atoms with Gasteiger partial charge in [-0.05, 0) is 42.3 Å². The van der Waals surface area contributed by atoms with Crippen LogP contribution in [0.1, 0.15) is 28.5 Å². The van der Waals surface area contributed by atoms with Crippen LogP contribution < -0.4 is 5.32 Å². The number of sulfone groups is 1. The number of aryl methyl sites for hydroxylation is 1. The first-order valence-corrected chi connectivity index (χ1v) is 12.1. The summed E-state index contributed by atoms with van der Waals surface area (Å²) in [5.41, 5.74) is 2.74. The van der Waals surface area contributed by atoms with Crippen LogP contribution in [-0.4, -0.2) is 30.5 Å². The molecule has 33 heavy (non-hydrogen) atoms. The number of nitriles is 1. The van der Waals surface area contributed by atoms with Crippen molar-refractivity contribution in [3.63, 3.8) is 0 Å². The van der Waals surface area contributed by atoms with Crippen LogP contribution in [0.3, 0.4) is 0 Å². The quantitative estimate of drug-likeness (QED) is 0.441. The topological polar surface area (TPSA) is 126 Å². The molecule has 2 heterocycles. The number of anilines is 1. The van der Waals surface area contributed by atoms with Crippen molar-refractivity contribution in [1.82, 2.24) is 9.97 Å².